The number of rotatable bonds is 4. The minimum atomic E-state index is -0.900. The maximum atomic E-state index is 12.7. The lowest BCUT2D eigenvalue weighted by molar-refractivity contribution is 0.0260. The molecule has 0 heterocycles. The first kappa shape index (κ1) is 17.7. The van der Waals surface area contributed by atoms with Crippen molar-refractivity contribution < 1.29 is 9.90 Å². The summed E-state index contributed by atoms with van der Waals surface area (Å²) >= 11 is 0. The van der Waals surface area contributed by atoms with Crippen LogP contribution in [-0.4, -0.2) is 23.2 Å². The van der Waals surface area contributed by atoms with Crippen molar-refractivity contribution in [2.24, 2.45) is 5.73 Å². The van der Waals surface area contributed by atoms with Crippen molar-refractivity contribution in [3.8, 4) is 0 Å². The highest BCUT2D eigenvalue weighted by Crippen LogP contribution is 2.28. The van der Waals surface area contributed by atoms with E-state index in [2.05, 4.69) is 17.4 Å². The molecule has 3 aromatic rings. The average molecular weight is 360 g/mol. The molecule has 0 fully saturated rings. The van der Waals surface area contributed by atoms with Crippen LogP contribution in [0.1, 0.15) is 33.5 Å². The Hall–Kier alpha value is -2.69. The van der Waals surface area contributed by atoms with E-state index in [1.54, 1.807) is 0 Å². The van der Waals surface area contributed by atoms with Gasteiger partial charge in [-0.3, -0.25) is 4.79 Å². The van der Waals surface area contributed by atoms with Crippen molar-refractivity contribution in [3.05, 3.63) is 82.9 Å². The van der Waals surface area contributed by atoms with Gasteiger partial charge in [0.1, 0.15) is 0 Å². The molecule has 0 bridgehead atoms. The molecule has 1 unspecified atom stereocenters. The lowest BCUT2D eigenvalue weighted by atomic mass is 9.80. The number of hydrogen-bond donors (Lipinski definition) is 3. The third-order valence-corrected chi connectivity index (χ3v) is 5.53. The van der Waals surface area contributed by atoms with Gasteiger partial charge in [-0.05, 0) is 52.4 Å². The second-order valence-corrected chi connectivity index (χ2v) is 7.41. The molecule has 4 nitrogen and oxygen atoms in total. The lowest BCUT2D eigenvalue weighted by Crippen LogP contribution is -2.46. The normalized spacial score (nSPS) is 18.9. The molecule has 0 radical (unpaired) electrons. The molecule has 1 aliphatic carbocycles. The van der Waals surface area contributed by atoms with Crippen LogP contribution in [0.4, 0.5) is 0 Å². The number of aliphatic hydroxyl groups is 1. The predicted molar refractivity (Wildman–Crippen MR) is 108 cm³/mol. The van der Waals surface area contributed by atoms with E-state index in [9.17, 15) is 9.90 Å². The van der Waals surface area contributed by atoms with Crippen LogP contribution >= 0.6 is 0 Å². The number of benzene rings is 3. The molecular formula is C23H24N2O2. The van der Waals surface area contributed by atoms with Crippen LogP contribution < -0.4 is 11.1 Å². The van der Waals surface area contributed by atoms with E-state index in [0.717, 1.165) is 22.8 Å². The van der Waals surface area contributed by atoms with E-state index in [1.165, 1.54) is 11.1 Å². The van der Waals surface area contributed by atoms with Crippen LogP contribution in [0.2, 0.25) is 0 Å². The first-order valence-electron chi connectivity index (χ1n) is 9.37. The van der Waals surface area contributed by atoms with Crippen LogP contribution in [-0.2, 0) is 19.4 Å². The Morgan fingerprint density at radius 2 is 1.89 bits per heavy atom. The lowest BCUT2D eigenvalue weighted by Gasteiger charge is -2.33. The molecule has 3 aromatic carbocycles. The third kappa shape index (κ3) is 3.59. The first-order valence-corrected chi connectivity index (χ1v) is 9.37. The Bertz CT molecular complexity index is 999. The quantitative estimate of drug-likeness (QED) is 0.670. The van der Waals surface area contributed by atoms with Crippen LogP contribution in [0, 0.1) is 0 Å². The van der Waals surface area contributed by atoms with E-state index in [-0.39, 0.29) is 12.5 Å². The summed E-state index contributed by atoms with van der Waals surface area (Å²) < 4.78 is 0. The van der Waals surface area contributed by atoms with E-state index in [1.807, 2.05) is 48.5 Å². The molecule has 4 N–H and O–H groups in total. The van der Waals surface area contributed by atoms with Crippen LogP contribution in [0.3, 0.4) is 0 Å². The summed E-state index contributed by atoms with van der Waals surface area (Å²) in [4.78, 5) is 12.7. The van der Waals surface area contributed by atoms with Gasteiger partial charge < -0.3 is 16.2 Å². The highest BCUT2D eigenvalue weighted by atomic mass is 16.3. The largest absolute Gasteiger partial charge is 0.388 e. The van der Waals surface area contributed by atoms with E-state index < -0.39 is 5.60 Å². The van der Waals surface area contributed by atoms with Crippen molar-refractivity contribution in [1.82, 2.24) is 5.32 Å². The van der Waals surface area contributed by atoms with Gasteiger partial charge in [0.2, 0.25) is 0 Å². The average Bonchev–Trinajstić information content (AvgIpc) is 2.71. The molecule has 0 aliphatic heterocycles. The van der Waals surface area contributed by atoms with Crippen molar-refractivity contribution in [3.63, 3.8) is 0 Å². The smallest absolute Gasteiger partial charge is 0.251 e. The van der Waals surface area contributed by atoms with Crippen LogP contribution in [0.15, 0.2) is 60.7 Å². The van der Waals surface area contributed by atoms with Gasteiger partial charge in [-0.25, -0.2) is 0 Å². The monoisotopic (exact) mass is 360 g/mol. The topological polar surface area (TPSA) is 75.4 Å². The van der Waals surface area contributed by atoms with Crippen molar-refractivity contribution >= 4 is 16.7 Å². The number of amides is 1. The SMILES string of the molecule is NCc1cccc2ccc(C(=O)NCC3(O)CCc4ccccc4C3)cc12. The molecule has 1 amide bonds. The summed E-state index contributed by atoms with van der Waals surface area (Å²) in [6.45, 7) is 0.679. The van der Waals surface area contributed by atoms with E-state index >= 15 is 0 Å². The minimum Gasteiger partial charge on any atom is -0.388 e. The number of aryl methyl sites for hydroxylation is 1. The van der Waals surface area contributed by atoms with E-state index in [0.29, 0.717) is 24.9 Å². The van der Waals surface area contributed by atoms with Crippen LogP contribution in [0.25, 0.3) is 10.8 Å². The molecular weight excluding hydrogens is 336 g/mol. The maximum absolute atomic E-state index is 12.7. The third-order valence-electron chi connectivity index (χ3n) is 5.53. The van der Waals surface area contributed by atoms with Crippen molar-refractivity contribution in [1.29, 1.82) is 0 Å². The zero-order chi connectivity index (χ0) is 18.9. The standard InChI is InChI=1S/C23H24N2O2/c24-14-20-7-3-6-17-8-9-18(12-21(17)20)22(26)25-15-23(27)11-10-16-4-1-2-5-19(16)13-23/h1-9,12,27H,10-11,13-15,24H2,(H,25,26). The Morgan fingerprint density at radius 3 is 2.70 bits per heavy atom. The Morgan fingerprint density at radius 1 is 1.07 bits per heavy atom. The number of nitrogens with two attached hydrogens (primary N) is 1. The van der Waals surface area contributed by atoms with Gasteiger partial charge in [-0.15, -0.1) is 0 Å². The highest BCUT2D eigenvalue weighted by Gasteiger charge is 2.32. The Balaban J connectivity index is 1.49. The second-order valence-electron chi connectivity index (χ2n) is 7.41. The van der Waals surface area contributed by atoms with Crippen molar-refractivity contribution in [2.45, 2.75) is 31.4 Å². The fourth-order valence-corrected chi connectivity index (χ4v) is 3.94. The van der Waals surface area contributed by atoms with Gasteiger partial charge in [-0.1, -0.05) is 48.5 Å². The predicted octanol–water partition coefficient (Wildman–Crippen LogP) is 2.95. The second kappa shape index (κ2) is 7.14. The summed E-state index contributed by atoms with van der Waals surface area (Å²) in [5, 5.41) is 15.9. The molecule has 27 heavy (non-hydrogen) atoms. The van der Waals surface area contributed by atoms with Crippen molar-refractivity contribution in [2.75, 3.05) is 6.54 Å². The Labute approximate surface area is 159 Å². The fraction of sp³-hybridized carbons (Fsp3) is 0.261. The summed E-state index contributed by atoms with van der Waals surface area (Å²) in [6.07, 6.45) is 2.05. The molecule has 4 heteroatoms. The summed E-state index contributed by atoms with van der Waals surface area (Å²) in [5.41, 5.74) is 8.98. The van der Waals surface area contributed by atoms with Gasteiger partial charge in [0.05, 0.1) is 5.60 Å². The molecule has 0 spiro atoms. The zero-order valence-corrected chi connectivity index (χ0v) is 15.2. The highest BCUT2D eigenvalue weighted by molar-refractivity contribution is 5.99. The summed E-state index contributed by atoms with van der Waals surface area (Å²) in [6, 6.07) is 19.8. The molecule has 4 rings (SSSR count). The number of carbonyl (C=O) groups excluding carboxylic acids is 1. The van der Waals surface area contributed by atoms with Gasteiger partial charge in [0.25, 0.3) is 5.91 Å². The molecule has 0 saturated carbocycles. The number of fused-ring (bicyclic) bond motifs is 2. The first-order chi connectivity index (χ1) is 13.1. The zero-order valence-electron chi connectivity index (χ0n) is 15.2. The van der Waals surface area contributed by atoms with Gasteiger partial charge in [-0.2, -0.15) is 0 Å². The minimum absolute atomic E-state index is 0.170. The number of carbonyl (C=O) groups is 1. The summed E-state index contributed by atoms with van der Waals surface area (Å²) in [5.74, 6) is -0.170. The van der Waals surface area contributed by atoms with Gasteiger partial charge in [0, 0.05) is 25.1 Å². The number of nitrogens with one attached hydrogen (secondary N) is 1. The van der Waals surface area contributed by atoms with Gasteiger partial charge in [0.15, 0.2) is 0 Å². The molecule has 138 valence electrons. The van der Waals surface area contributed by atoms with E-state index in [4.69, 9.17) is 5.73 Å². The van der Waals surface area contributed by atoms with Gasteiger partial charge >= 0.3 is 0 Å². The molecule has 1 atom stereocenters. The maximum Gasteiger partial charge on any atom is 0.251 e. The summed E-state index contributed by atoms with van der Waals surface area (Å²) in [7, 11) is 0. The Kier molecular flexibility index (Phi) is 4.68. The van der Waals surface area contributed by atoms with Crippen LogP contribution in [0.5, 0.6) is 0 Å². The molecule has 1 aliphatic rings. The molecule has 0 aromatic heterocycles. The molecule has 0 saturated heterocycles. The number of hydrogen-bond acceptors (Lipinski definition) is 3. The fourth-order valence-electron chi connectivity index (χ4n) is 3.94.